The number of amides is 1. The van der Waals surface area contributed by atoms with Crippen LogP contribution in [0.1, 0.15) is 30.6 Å². The van der Waals surface area contributed by atoms with Crippen molar-refractivity contribution < 1.29 is 13.2 Å². The van der Waals surface area contributed by atoms with Crippen LogP contribution in [0.2, 0.25) is 5.02 Å². The Morgan fingerprint density at radius 2 is 2.14 bits per heavy atom. The van der Waals surface area contributed by atoms with Crippen molar-refractivity contribution in [3.05, 3.63) is 46.6 Å². The monoisotopic (exact) mass is 424 g/mol. The molecule has 1 fully saturated rings. The molecule has 1 aliphatic heterocycles. The molecule has 7 nitrogen and oxygen atoms in total. The number of carbonyl (C=O) groups is 1. The Balaban J connectivity index is 1.67. The maximum atomic E-state index is 12.6. The Morgan fingerprint density at radius 1 is 1.39 bits per heavy atom. The Hall–Kier alpha value is -1.90. The number of aryl methyl sites for hydroxylation is 1. The molecule has 1 N–H and O–H groups in total. The largest absolute Gasteiger partial charge is 0.310 e. The first kappa shape index (κ1) is 20.8. The molecule has 0 saturated carbocycles. The third-order valence-corrected chi connectivity index (χ3v) is 6.96. The molecule has 2 heterocycles. The van der Waals surface area contributed by atoms with E-state index in [9.17, 15) is 13.2 Å². The minimum atomic E-state index is -3.04. The van der Waals surface area contributed by atoms with E-state index in [1.54, 1.807) is 10.7 Å². The number of nitrogens with zero attached hydrogens (tertiary/aromatic N) is 3. The lowest BCUT2D eigenvalue weighted by atomic mass is 10.2. The van der Waals surface area contributed by atoms with Crippen LogP contribution >= 0.6 is 11.6 Å². The van der Waals surface area contributed by atoms with Crippen LogP contribution < -0.4 is 5.32 Å². The summed E-state index contributed by atoms with van der Waals surface area (Å²) in [5.74, 6) is 0.588. The summed E-state index contributed by atoms with van der Waals surface area (Å²) in [5, 5.41) is 7.97. The SMILES string of the molecule is CCN(CC(=O)Nc1cc(C)nn1C1CCS(=O)(=O)C1)Cc1ccccc1Cl. The van der Waals surface area contributed by atoms with Crippen LogP contribution in [-0.4, -0.2) is 53.6 Å². The van der Waals surface area contributed by atoms with Crippen molar-refractivity contribution in [3.8, 4) is 0 Å². The summed E-state index contributed by atoms with van der Waals surface area (Å²) < 4.78 is 25.2. The smallest absolute Gasteiger partial charge is 0.239 e. The van der Waals surface area contributed by atoms with Gasteiger partial charge < -0.3 is 5.32 Å². The molecule has 1 atom stereocenters. The topological polar surface area (TPSA) is 84.3 Å². The minimum absolute atomic E-state index is 0.0601. The first-order valence-corrected chi connectivity index (χ1v) is 11.5. The van der Waals surface area contributed by atoms with Gasteiger partial charge in [-0.05, 0) is 31.5 Å². The molecule has 1 aliphatic rings. The highest BCUT2D eigenvalue weighted by atomic mass is 35.5. The van der Waals surface area contributed by atoms with E-state index in [1.807, 2.05) is 43.0 Å². The number of hydrogen-bond donors (Lipinski definition) is 1. The van der Waals surface area contributed by atoms with E-state index in [0.717, 1.165) is 11.3 Å². The summed E-state index contributed by atoms with van der Waals surface area (Å²) in [5.41, 5.74) is 1.71. The standard InChI is InChI=1S/C19H25ClN4O3S/c1-3-23(11-15-6-4-5-7-17(15)20)12-19(25)21-18-10-14(2)22-24(18)16-8-9-28(26,27)13-16/h4-7,10,16H,3,8-9,11-13H2,1-2H3,(H,21,25). The second-order valence-electron chi connectivity index (χ2n) is 7.12. The fourth-order valence-corrected chi connectivity index (χ4v) is 5.28. The van der Waals surface area contributed by atoms with Crippen LogP contribution in [0.3, 0.4) is 0 Å². The number of benzene rings is 1. The molecule has 1 aromatic carbocycles. The summed E-state index contributed by atoms with van der Waals surface area (Å²) in [6, 6.07) is 9.12. The lowest BCUT2D eigenvalue weighted by molar-refractivity contribution is -0.117. The summed E-state index contributed by atoms with van der Waals surface area (Å²) in [6.45, 7) is 5.28. The number of anilines is 1. The van der Waals surface area contributed by atoms with Crippen molar-refractivity contribution in [2.75, 3.05) is 29.9 Å². The van der Waals surface area contributed by atoms with E-state index < -0.39 is 9.84 Å². The molecule has 0 spiro atoms. The summed E-state index contributed by atoms with van der Waals surface area (Å²) in [7, 11) is -3.04. The average Bonchev–Trinajstić information content (AvgIpc) is 3.17. The highest BCUT2D eigenvalue weighted by Gasteiger charge is 2.31. The average molecular weight is 425 g/mol. The molecule has 3 rings (SSSR count). The zero-order valence-corrected chi connectivity index (χ0v) is 17.6. The van der Waals surface area contributed by atoms with Gasteiger partial charge in [0.15, 0.2) is 9.84 Å². The fourth-order valence-electron chi connectivity index (χ4n) is 3.39. The van der Waals surface area contributed by atoms with Gasteiger partial charge >= 0.3 is 0 Å². The molecule has 1 saturated heterocycles. The molecular formula is C19H25ClN4O3S. The van der Waals surface area contributed by atoms with E-state index in [4.69, 9.17) is 11.6 Å². The zero-order valence-electron chi connectivity index (χ0n) is 16.1. The zero-order chi connectivity index (χ0) is 20.3. The number of nitrogens with one attached hydrogen (secondary N) is 1. The Kier molecular flexibility index (Phi) is 6.42. The Bertz CT molecular complexity index is 958. The fraction of sp³-hybridized carbons (Fsp3) is 0.474. The van der Waals surface area contributed by atoms with Crippen LogP contribution in [0, 0.1) is 6.92 Å². The van der Waals surface area contributed by atoms with Crippen LogP contribution in [0.5, 0.6) is 0 Å². The molecule has 1 aromatic heterocycles. The van der Waals surface area contributed by atoms with Crippen LogP contribution in [0.15, 0.2) is 30.3 Å². The molecule has 0 aliphatic carbocycles. The number of hydrogen-bond acceptors (Lipinski definition) is 5. The van der Waals surface area contributed by atoms with Gasteiger partial charge in [0.2, 0.25) is 5.91 Å². The number of halogens is 1. The quantitative estimate of drug-likeness (QED) is 0.738. The van der Waals surface area contributed by atoms with Crippen molar-refractivity contribution in [3.63, 3.8) is 0 Å². The van der Waals surface area contributed by atoms with Gasteiger partial charge in [0.1, 0.15) is 5.82 Å². The summed E-state index contributed by atoms with van der Waals surface area (Å²) in [4.78, 5) is 14.6. The van der Waals surface area contributed by atoms with Gasteiger partial charge in [-0.3, -0.25) is 9.69 Å². The number of sulfone groups is 1. The van der Waals surface area contributed by atoms with Gasteiger partial charge in [0.25, 0.3) is 0 Å². The second-order valence-corrected chi connectivity index (χ2v) is 9.75. The normalized spacial score (nSPS) is 18.5. The predicted octanol–water partition coefficient (Wildman–Crippen LogP) is 2.67. The van der Waals surface area contributed by atoms with Crippen LogP contribution in [-0.2, 0) is 21.2 Å². The first-order chi connectivity index (χ1) is 13.3. The van der Waals surface area contributed by atoms with Crippen LogP contribution in [0.4, 0.5) is 5.82 Å². The lowest BCUT2D eigenvalue weighted by Crippen LogP contribution is -2.33. The lowest BCUT2D eigenvalue weighted by Gasteiger charge is -2.21. The van der Waals surface area contributed by atoms with Gasteiger partial charge in [0, 0.05) is 17.6 Å². The maximum Gasteiger partial charge on any atom is 0.239 e. The van der Waals surface area contributed by atoms with Gasteiger partial charge in [0.05, 0.1) is 29.8 Å². The second kappa shape index (κ2) is 8.63. The molecule has 152 valence electrons. The van der Waals surface area contributed by atoms with Crippen molar-refractivity contribution >= 4 is 33.2 Å². The highest BCUT2D eigenvalue weighted by molar-refractivity contribution is 7.91. The summed E-state index contributed by atoms with van der Waals surface area (Å²) in [6.07, 6.45) is 0.514. The van der Waals surface area contributed by atoms with Gasteiger partial charge in [-0.2, -0.15) is 5.10 Å². The molecule has 0 radical (unpaired) electrons. The van der Waals surface area contributed by atoms with E-state index >= 15 is 0 Å². The minimum Gasteiger partial charge on any atom is -0.310 e. The Morgan fingerprint density at radius 3 is 2.79 bits per heavy atom. The number of carbonyl (C=O) groups excluding carboxylic acids is 1. The number of likely N-dealkylation sites (N-methyl/N-ethyl adjacent to an activating group) is 1. The van der Waals surface area contributed by atoms with Gasteiger partial charge in [-0.1, -0.05) is 36.7 Å². The summed E-state index contributed by atoms with van der Waals surface area (Å²) >= 11 is 6.22. The van der Waals surface area contributed by atoms with Crippen LogP contribution in [0.25, 0.3) is 0 Å². The van der Waals surface area contributed by atoms with E-state index in [0.29, 0.717) is 30.4 Å². The van der Waals surface area contributed by atoms with E-state index in [1.165, 1.54) is 0 Å². The predicted molar refractivity (Wildman–Crippen MR) is 110 cm³/mol. The van der Waals surface area contributed by atoms with Gasteiger partial charge in [-0.25, -0.2) is 13.1 Å². The number of rotatable bonds is 7. The molecule has 28 heavy (non-hydrogen) atoms. The number of aromatic nitrogens is 2. The molecule has 9 heteroatoms. The van der Waals surface area contributed by atoms with E-state index in [2.05, 4.69) is 10.4 Å². The Labute approximate surface area is 170 Å². The third-order valence-electron chi connectivity index (χ3n) is 4.85. The molecule has 1 unspecified atom stereocenters. The molecule has 2 aromatic rings. The molecule has 0 bridgehead atoms. The maximum absolute atomic E-state index is 12.6. The van der Waals surface area contributed by atoms with Gasteiger partial charge in [-0.15, -0.1) is 0 Å². The van der Waals surface area contributed by atoms with Crippen molar-refractivity contribution in [1.82, 2.24) is 14.7 Å². The third kappa shape index (κ3) is 5.12. The molecule has 1 amide bonds. The first-order valence-electron chi connectivity index (χ1n) is 9.29. The van der Waals surface area contributed by atoms with Crippen molar-refractivity contribution in [2.45, 2.75) is 32.9 Å². The van der Waals surface area contributed by atoms with Crippen molar-refractivity contribution in [1.29, 1.82) is 0 Å². The highest BCUT2D eigenvalue weighted by Crippen LogP contribution is 2.27. The molecular weight excluding hydrogens is 400 g/mol. The van der Waals surface area contributed by atoms with Crippen molar-refractivity contribution in [2.24, 2.45) is 0 Å². The van der Waals surface area contributed by atoms with E-state index in [-0.39, 0.29) is 30.0 Å².